The summed E-state index contributed by atoms with van der Waals surface area (Å²) < 4.78 is 19.2. The molecule has 48 heavy (non-hydrogen) atoms. The van der Waals surface area contributed by atoms with E-state index in [1.165, 1.54) is 0 Å². The first kappa shape index (κ1) is 35.5. The van der Waals surface area contributed by atoms with E-state index in [2.05, 4.69) is 38.0 Å². The van der Waals surface area contributed by atoms with Crippen LogP contribution in [0.3, 0.4) is 0 Å². The molecule has 2 aromatic heterocycles. The van der Waals surface area contributed by atoms with E-state index in [0.29, 0.717) is 31.0 Å². The van der Waals surface area contributed by atoms with E-state index in [9.17, 15) is 9.59 Å². The Labute approximate surface area is 282 Å². The molecule has 252 valence electrons. The molecule has 2 aromatic carbocycles. The highest BCUT2D eigenvalue weighted by Crippen LogP contribution is 2.33. The van der Waals surface area contributed by atoms with Crippen molar-refractivity contribution in [2.24, 2.45) is 4.99 Å². The standard InChI is InChI=1S/C38H45N5O5/c1-8-27(17-20-39-6)18-21-41-36(44)32(42-37(45)48-38(3,4)5)23-28-9-15-31(16-10-28)47-33-19-22-40-35-34(33)26(2)24-43(35)25-29-11-13-30(46-7)14-12-29/h8-17,19-20,22,24,32H,1,18,21,23,25H2,2-7H3,(H,41,44)(H,42,45)/b27-17+,39-20-. The third-order valence-corrected chi connectivity index (χ3v) is 7.43. The highest BCUT2D eigenvalue weighted by Gasteiger charge is 2.25. The van der Waals surface area contributed by atoms with Crippen molar-refractivity contribution in [2.45, 2.75) is 58.7 Å². The molecule has 1 atom stereocenters. The Kier molecular flexibility index (Phi) is 12.2. The molecule has 4 aromatic rings. The highest BCUT2D eigenvalue weighted by atomic mass is 16.6. The molecule has 10 nitrogen and oxygen atoms in total. The number of alkyl carbamates (subject to hydrolysis) is 1. The number of allylic oxidation sites excluding steroid dienone is 2. The lowest BCUT2D eigenvalue weighted by molar-refractivity contribution is -0.123. The van der Waals surface area contributed by atoms with Crippen LogP contribution in [0.2, 0.25) is 0 Å². The maximum Gasteiger partial charge on any atom is 0.408 e. The summed E-state index contributed by atoms with van der Waals surface area (Å²) in [4.78, 5) is 34.5. The zero-order chi connectivity index (χ0) is 34.7. The van der Waals surface area contributed by atoms with E-state index in [4.69, 9.17) is 14.2 Å². The van der Waals surface area contributed by atoms with Crippen molar-refractivity contribution in [3.63, 3.8) is 0 Å². The fraction of sp³-hybridized carbons (Fsp3) is 0.316. The summed E-state index contributed by atoms with van der Waals surface area (Å²) >= 11 is 0. The van der Waals surface area contributed by atoms with Crippen molar-refractivity contribution in [3.05, 3.63) is 108 Å². The van der Waals surface area contributed by atoms with Crippen molar-refractivity contribution < 1.29 is 23.8 Å². The first-order valence-electron chi connectivity index (χ1n) is 15.8. The van der Waals surface area contributed by atoms with Crippen LogP contribution in [-0.2, 0) is 22.5 Å². The number of rotatable bonds is 14. The minimum absolute atomic E-state index is 0.255. The van der Waals surface area contributed by atoms with Crippen LogP contribution < -0.4 is 20.1 Å². The first-order chi connectivity index (χ1) is 23.0. The average molecular weight is 652 g/mol. The van der Waals surface area contributed by atoms with Crippen LogP contribution in [0.1, 0.15) is 43.9 Å². The largest absolute Gasteiger partial charge is 0.497 e. The number of nitrogens with zero attached hydrogens (tertiary/aromatic N) is 3. The van der Waals surface area contributed by atoms with Gasteiger partial charge in [0.25, 0.3) is 0 Å². The van der Waals surface area contributed by atoms with Crippen LogP contribution >= 0.6 is 0 Å². The van der Waals surface area contributed by atoms with E-state index >= 15 is 0 Å². The van der Waals surface area contributed by atoms with Crippen LogP contribution in [-0.4, -0.2) is 60.1 Å². The Morgan fingerprint density at radius 2 is 1.73 bits per heavy atom. The third-order valence-electron chi connectivity index (χ3n) is 7.43. The monoisotopic (exact) mass is 651 g/mol. The van der Waals surface area contributed by atoms with Gasteiger partial charge in [0, 0.05) is 45.2 Å². The van der Waals surface area contributed by atoms with E-state index in [1.807, 2.05) is 67.6 Å². The number of amides is 2. The maximum atomic E-state index is 13.3. The molecule has 2 heterocycles. The topological polar surface area (TPSA) is 116 Å². The lowest BCUT2D eigenvalue weighted by Gasteiger charge is -2.23. The van der Waals surface area contributed by atoms with Crippen LogP contribution in [0.15, 0.2) is 96.3 Å². The summed E-state index contributed by atoms with van der Waals surface area (Å²) in [6.07, 6.45) is 9.23. The van der Waals surface area contributed by atoms with Gasteiger partial charge in [0.1, 0.15) is 34.5 Å². The van der Waals surface area contributed by atoms with E-state index in [1.54, 1.807) is 53.4 Å². The lowest BCUT2D eigenvalue weighted by atomic mass is 10.0. The smallest absolute Gasteiger partial charge is 0.408 e. The van der Waals surface area contributed by atoms with Gasteiger partial charge in [0.15, 0.2) is 0 Å². The van der Waals surface area contributed by atoms with Crippen LogP contribution in [0.25, 0.3) is 11.0 Å². The maximum absolute atomic E-state index is 13.3. The molecule has 1 unspecified atom stereocenters. The molecule has 0 fully saturated rings. The Morgan fingerprint density at radius 3 is 2.38 bits per heavy atom. The molecule has 4 rings (SSSR count). The van der Waals surface area contributed by atoms with Crippen molar-refractivity contribution in [1.82, 2.24) is 20.2 Å². The predicted molar refractivity (Wildman–Crippen MR) is 190 cm³/mol. The molecule has 10 heteroatoms. The number of ether oxygens (including phenoxy) is 3. The van der Waals surface area contributed by atoms with Gasteiger partial charge in [-0.05, 0) is 92.8 Å². The van der Waals surface area contributed by atoms with Crippen LogP contribution in [0, 0.1) is 6.92 Å². The normalized spacial score (nSPS) is 12.5. The summed E-state index contributed by atoms with van der Waals surface area (Å²) in [5.41, 5.74) is 4.07. The molecule has 2 N–H and O–H groups in total. The van der Waals surface area contributed by atoms with E-state index < -0.39 is 17.7 Å². The number of aryl methyl sites for hydroxylation is 1. The summed E-state index contributed by atoms with van der Waals surface area (Å²) in [6, 6.07) is 16.5. The minimum atomic E-state index is -0.854. The predicted octanol–water partition coefficient (Wildman–Crippen LogP) is 6.95. The minimum Gasteiger partial charge on any atom is -0.497 e. The molecule has 0 aliphatic rings. The molecule has 0 bridgehead atoms. The van der Waals surface area contributed by atoms with Crippen molar-refractivity contribution in [3.8, 4) is 17.2 Å². The van der Waals surface area contributed by atoms with Gasteiger partial charge in [0.2, 0.25) is 5.91 Å². The Balaban J connectivity index is 1.47. The van der Waals surface area contributed by atoms with Gasteiger partial charge in [-0.3, -0.25) is 9.79 Å². The molecule has 0 radical (unpaired) electrons. The molecular formula is C38H45N5O5. The van der Waals surface area contributed by atoms with Gasteiger partial charge in [-0.25, -0.2) is 9.78 Å². The zero-order valence-electron chi connectivity index (χ0n) is 28.6. The molecule has 2 amide bonds. The summed E-state index contributed by atoms with van der Waals surface area (Å²) in [6.45, 7) is 12.2. The number of aliphatic imine (C=N–C) groups is 1. The number of benzene rings is 2. The van der Waals surface area contributed by atoms with Crippen LogP contribution in [0.4, 0.5) is 4.79 Å². The molecule has 0 aliphatic heterocycles. The highest BCUT2D eigenvalue weighted by molar-refractivity contribution is 5.87. The molecule has 0 saturated heterocycles. The number of methoxy groups -OCH3 is 1. The second kappa shape index (κ2) is 16.4. The van der Waals surface area contributed by atoms with E-state index in [0.717, 1.165) is 39.0 Å². The molecule has 0 spiro atoms. The van der Waals surface area contributed by atoms with Gasteiger partial charge in [-0.2, -0.15) is 0 Å². The number of hydrogen-bond acceptors (Lipinski definition) is 7. The second-order valence-corrected chi connectivity index (χ2v) is 12.3. The zero-order valence-corrected chi connectivity index (χ0v) is 28.6. The van der Waals surface area contributed by atoms with Crippen molar-refractivity contribution in [2.75, 3.05) is 20.7 Å². The number of pyridine rings is 1. The Morgan fingerprint density at radius 1 is 1.04 bits per heavy atom. The fourth-order valence-electron chi connectivity index (χ4n) is 5.11. The lowest BCUT2D eigenvalue weighted by Crippen LogP contribution is -2.49. The second-order valence-electron chi connectivity index (χ2n) is 12.3. The first-order valence-corrected chi connectivity index (χ1v) is 15.8. The Hall–Kier alpha value is -5.38. The van der Waals surface area contributed by atoms with Gasteiger partial charge in [-0.15, -0.1) is 0 Å². The number of carbonyl (C=O) groups is 2. The summed E-state index contributed by atoms with van der Waals surface area (Å²) in [7, 11) is 3.34. The molecule has 0 saturated carbocycles. The quantitative estimate of drug-likeness (QED) is 0.113. The fourth-order valence-corrected chi connectivity index (χ4v) is 5.11. The summed E-state index contributed by atoms with van der Waals surface area (Å²) in [5.74, 6) is 1.83. The van der Waals surface area contributed by atoms with Gasteiger partial charge < -0.3 is 29.4 Å². The van der Waals surface area contributed by atoms with Crippen molar-refractivity contribution in [1.29, 1.82) is 0 Å². The number of fused-ring (bicyclic) bond motifs is 1. The SMILES string of the molecule is C=C/C(=C\C=N/C)CCNC(=O)C(Cc1ccc(Oc2ccnc3c2c(C)cn3Cc2ccc(OC)cc2)cc1)NC(=O)OC(C)(C)C. The van der Waals surface area contributed by atoms with Gasteiger partial charge in [-0.1, -0.05) is 36.9 Å². The number of carbonyl (C=O) groups excluding carboxylic acids is 2. The molecule has 0 aliphatic carbocycles. The van der Waals surface area contributed by atoms with Crippen molar-refractivity contribution >= 4 is 29.2 Å². The van der Waals surface area contributed by atoms with E-state index in [-0.39, 0.29) is 12.3 Å². The summed E-state index contributed by atoms with van der Waals surface area (Å²) in [5, 5.41) is 6.59. The number of hydrogen-bond donors (Lipinski definition) is 2. The average Bonchev–Trinajstić information content (AvgIpc) is 3.37. The van der Waals surface area contributed by atoms with Crippen LogP contribution in [0.5, 0.6) is 17.2 Å². The number of nitrogens with one attached hydrogen (secondary N) is 2. The molecular weight excluding hydrogens is 606 g/mol. The van der Waals surface area contributed by atoms with Gasteiger partial charge in [0.05, 0.1) is 12.5 Å². The third kappa shape index (κ3) is 10.1. The Bertz CT molecular complexity index is 1770. The number of aromatic nitrogens is 2. The van der Waals surface area contributed by atoms with Gasteiger partial charge >= 0.3 is 6.09 Å².